The lowest BCUT2D eigenvalue weighted by molar-refractivity contribution is -0.132. The minimum absolute atomic E-state index is 0.116. The van der Waals surface area contributed by atoms with Gasteiger partial charge in [-0.25, -0.2) is 4.98 Å². The number of likely N-dealkylation sites (tertiary alicyclic amines) is 1. The number of carbonyl (C=O) groups is 1. The molecule has 200 valence electrons. The van der Waals surface area contributed by atoms with Crippen LogP contribution in [-0.2, 0) is 22.5 Å². The summed E-state index contributed by atoms with van der Waals surface area (Å²) >= 11 is 0. The number of pyridine rings is 1. The van der Waals surface area contributed by atoms with Crippen LogP contribution in [0.25, 0.3) is 21.9 Å². The second-order valence-corrected chi connectivity index (χ2v) is 10.2. The topological polar surface area (TPSA) is 95.5 Å². The zero-order valence-electron chi connectivity index (χ0n) is 22.3. The van der Waals surface area contributed by atoms with Crippen molar-refractivity contribution in [3.63, 3.8) is 0 Å². The molecular weight excluding hydrogens is 478 g/mol. The predicted molar refractivity (Wildman–Crippen MR) is 149 cm³/mol. The summed E-state index contributed by atoms with van der Waals surface area (Å²) in [6.45, 7) is 2.81. The van der Waals surface area contributed by atoms with E-state index >= 15 is 0 Å². The molecule has 0 bridgehead atoms. The number of imidazole rings is 1. The van der Waals surface area contributed by atoms with Gasteiger partial charge in [0.15, 0.2) is 5.65 Å². The summed E-state index contributed by atoms with van der Waals surface area (Å²) < 4.78 is 12.8. The number of ether oxygens (including phenoxy) is 2. The quantitative estimate of drug-likeness (QED) is 0.317. The molecule has 8 heteroatoms. The Labute approximate surface area is 223 Å². The second-order valence-electron chi connectivity index (χ2n) is 10.2. The normalized spacial score (nSPS) is 16.7. The minimum atomic E-state index is -0.223. The van der Waals surface area contributed by atoms with Gasteiger partial charge >= 0.3 is 0 Å². The Bertz CT molecular complexity index is 1400. The number of hydrogen-bond acceptors (Lipinski definition) is 6. The first kappa shape index (κ1) is 26.1. The zero-order chi connectivity index (χ0) is 26.5. The van der Waals surface area contributed by atoms with Crippen LogP contribution in [0.15, 0.2) is 54.6 Å². The van der Waals surface area contributed by atoms with Gasteiger partial charge in [0.25, 0.3) is 0 Å². The lowest BCUT2D eigenvalue weighted by Gasteiger charge is -2.33. The van der Waals surface area contributed by atoms with Crippen LogP contribution in [0.3, 0.4) is 0 Å². The summed E-state index contributed by atoms with van der Waals surface area (Å²) in [5, 5.41) is 2.41. The maximum atomic E-state index is 13.3. The molecule has 0 unspecified atom stereocenters. The SMILES string of the molecule is COCCCn1c([C@@H]2CCCN(C(=O)C[C@H](N)Cc3ccc4ccccc4c3)C2)nc2ccc(OC)nc21. The molecule has 1 saturated heterocycles. The zero-order valence-corrected chi connectivity index (χ0v) is 22.3. The third-order valence-corrected chi connectivity index (χ3v) is 7.42. The van der Waals surface area contributed by atoms with Crippen LogP contribution < -0.4 is 10.5 Å². The highest BCUT2D eigenvalue weighted by molar-refractivity contribution is 5.83. The van der Waals surface area contributed by atoms with E-state index in [1.54, 1.807) is 14.2 Å². The summed E-state index contributed by atoms with van der Waals surface area (Å²) in [7, 11) is 3.33. The van der Waals surface area contributed by atoms with Gasteiger partial charge < -0.3 is 24.7 Å². The molecule has 0 spiro atoms. The second kappa shape index (κ2) is 11.9. The highest BCUT2D eigenvalue weighted by Crippen LogP contribution is 2.30. The van der Waals surface area contributed by atoms with E-state index in [2.05, 4.69) is 39.9 Å². The van der Waals surface area contributed by atoms with Gasteiger partial charge in [0.05, 0.1) is 7.11 Å². The molecule has 0 aliphatic carbocycles. The highest BCUT2D eigenvalue weighted by atomic mass is 16.5. The third-order valence-electron chi connectivity index (χ3n) is 7.42. The Morgan fingerprint density at radius 1 is 1.11 bits per heavy atom. The fraction of sp³-hybridized carbons (Fsp3) is 0.433. The number of aryl methyl sites for hydroxylation is 1. The summed E-state index contributed by atoms with van der Waals surface area (Å²) in [6, 6.07) is 18.3. The van der Waals surface area contributed by atoms with E-state index in [1.807, 2.05) is 29.2 Å². The summed E-state index contributed by atoms with van der Waals surface area (Å²) in [6.07, 6.45) is 3.79. The molecule has 1 amide bonds. The Balaban J connectivity index is 1.28. The van der Waals surface area contributed by atoms with E-state index in [1.165, 1.54) is 10.8 Å². The number of nitrogens with two attached hydrogens (primary N) is 1. The maximum absolute atomic E-state index is 13.3. The van der Waals surface area contributed by atoms with Gasteiger partial charge in [0.2, 0.25) is 11.8 Å². The molecule has 8 nitrogen and oxygen atoms in total. The molecule has 0 saturated carbocycles. The number of nitrogens with zero attached hydrogens (tertiary/aromatic N) is 4. The van der Waals surface area contributed by atoms with Gasteiger partial charge in [-0.3, -0.25) is 4.79 Å². The smallest absolute Gasteiger partial charge is 0.224 e. The van der Waals surface area contributed by atoms with Crippen LogP contribution in [0, 0.1) is 0 Å². The van der Waals surface area contributed by atoms with Crippen LogP contribution in [0.2, 0.25) is 0 Å². The van der Waals surface area contributed by atoms with E-state index < -0.39 is 0 Å². The summed E-state index contributed by atoms with van der Waals surface area (Å²) in [5.74, 6) is 1.81. The van der Waals surface area contributed by atoms with Gasteiger partial charge in [-0.1, -0.05) is 42.5 Å². The van der Waals surface area contributed by atoms with Crippen molar-refractivity contribution in [1.29, 1.82) is 0 Å². The van der Waals surface area contributed by atoms with E-state index in [0.29, 0.717) is 31.9 Å². The van der Waals surface area contributed by atoms with E-state index in [-0.39, 0.29) is 17.9 Å². The van der Waals surface area contributed by atoms with Crippen molar-refractivity contribution >= 4 is 27.8 Å². The van der Waals surface area contributed by atoms with E-state index in [4.69, 9.17) is 20.2 Å². The van der Waals surface area contributed by atoms with Crippen molar-refractivity contribution in [3.8, 4) is 5.88 Å². The van der Waals surface area contributed by atoms with Crippen LogP contribution >= 0.6 is 0 Å². The van der Waals surface area contributed by atoms with E-state index in [0.717, 1.165) is 54.9 Å². The van der Waals surface area contributed by atoms with Crippen molar-refractivity contribution in [2.45, 2.75) is 50.6 Å². The number of fused-ring (bicyclic) bond motifs is 2. The molecule has 2 aromatic heterocycles. The van der Waals surface area contributed by atoms with Gasteiger partial charge in [-0.15, -0.1) is 0 Å². The Hall–Kier alpha value is -3.49. The minimum Gasteiger partial charge on any atom is -0.481 e. The number of carbonyl (C=O) groups excluding carboxylic acids is 1. The third kappa shape index (κ3) is 5.81. The molecule has 1 aliphatic rings. The molecule has 2 N–H and O–H groups in total. The molecule has 0 radical (unpaired) electrons. The number of benzene rings is 2. The first-order chi connectivity index (χ1) is 18.6. The van der Waals surface area contributed by atoms with Crippen LogP contribution in [0.5, 0.6) is 5.88 Å². The summed E-state index contributed by atoms with van der Waals surface area (Å²) in [4.78, 5) is 24.9. The van der Waals surface area contributed by atoms with Crippen molar-refractivity contribution in [3.05, 3.63) is 66.0 Å². The highest BCUT2D eigenvalue weighted by Gasteiger charge is 2.29. The molecule has 2 aromatic carbocycles. The van der Waals surface area contributed by atoms with Crippen LogP contribution in [0.1, 0.15) is 43.0 Å². The Morgan fingerprint density at radius 2 is 1.95 bits per heavy atom. The average molecular weight is 516 g/mol. The molecule has 4 aromatic rings. The predicted octanol–water partition coefficient (Wildman–Crippen LogP) is 4.30. The van der Waals surface area contributed by atoms with Gasteiger partial charge in [0.1, 0.15) is 11.3 Å². The summed E-state index contributed by atoms with van der Waals surface area (Å²) in [5.41, 5.74) is 9.30. The lowest BCUT2D eigenvalue weighted by Crippen LogP contribution is -2.42. The Morgan fingerprint density at radius 3 is 2.76 bits per heavy atom. The molecular formula is C30H37N5O3. The molecule has 38 heavy (non-hydrogen) atoms. The largest absolute Gasteiger partial charge is 0.481 e. The van der Waals surface area contributed by atoms with Crippen molar-refractivity contribution in [2.24, 2.45) is 5.73 Å². The number of rotatable bonds is 10. The number of piperidine rings is 1. The fourth-order valence-electron chi connectivity index (χ4n) is 5.52. The van der Waals surface area contributed by atoms with Crippen molar-refractivity contribution in [2.75, 3.05) is 33.9 Å². The Kier molecular flexibility index (Phi) is 8.20. The maximum Gasteiger partial charge on any atom is 0.224 e. The van der Waals surface area contributed by atoms with E-state index in [9.17, 15) is 4.79 Å². The van der Waals surface area contributed by atoms with Crippen molar-refractivity contribution in [1.82, 2.24) is 19.4 Å². The van der Waals surface area contributed by atoms with Gasteiger partial charge in [-0.2, -0.15) is 4.98 Å². The van der Waals surface area contributed by atoms with Crippen LogP contribution in [0.4, 0.5) is 0 Å². The monoisotopic (exact) mass is 515 g/mol. The average Bonchev–Trinajstić information content (AvgIpc) is 3.30. The molecule has 1 fully saturated rings. The van der Waals surface area contributed by atoms with Crippen LogP contribution in [-0.4, -0.2) is 65.3 Å². The first-order valence-corrected chi connectivity index (χ1v) is 13.5. The van der Waals surface area contributed by atoms with Gasteiger partial charge in [0, 0.05) is 57.8 Å². The van der Waals surface area contributed by atoms with Crippen molar-refractivity contribution < 1.29 is 14.3 Å². The molecule has 5 rings (SSSR count). The number of amides is 1. The first-order valence-electron chi connectivity index (χ1n) is 13.5. The molecule has 3 heterocycles. The lowest BCUT2D eigenvalue weighted by atomic mass is 9.95. The fourth-order valence-corrected chi connectivity index (χ4v) is 5.52. The number of aromatic nitrogens is 3. The number of methoxy groups -OCH3 is 2. The number of hydrogen-bond donors (Lipinski definition) is 1. The standard InChI is InChI=1S/C30H37N5O3/c1-37-16-6-15-35-29(32-26-12-13-27(38-2)33-30(26)35)24-9-5-14-34(20-24)28(36)19-25(31)18-21-10-11-22-7-3-4-8-23(22)17-21/h3-4,7-8,10-13,17,24-25H,5-6,9,14-16,18-20,31H2,1-2H3/t24-,25-/m1/s1. The van der Waals surface area contributed by atoms with Gasteiger partial charge in [-0.05, 0) is 48.1 Å². The molecule has 2 atom stereocenters. The molecule has 1 aliphatic heterocycles.